The molecule has 2 amide bonds. The molecule has 3 N–H and O–H groups in total. The van der Waals surface area contributed by atoms with E-state index in [4.69, 9.17) is 11.6 Å². The molecule has 0 radical (unpaired) electrons. The lowest BCUT2D eigenvalue weighted by Crippen LogP contribution is -2.39. The third-order valence-corrected chi connectivity index (χ3v) is 3.99. The van der Waals surface area contributed by atoms with Crippen LogP contribution in [0.15, 0.2) is 36.7 Å². The number of anilines is 1. The summed E-state index contributed by atoms with van der Waals surface area (Å²) >= 11 is 5.99. The second-order valence-corrected chi connectivity index (χ2v) is 5.75. The summed E-state index contributed by atoms with van der Waals surface area (Å²) in [5.74, 6) is -0.436. The Kier molecular flexibility index (Phi) is 3.85. The number of carbonyl (C=O) groups excluding carboxylic acids is 2. The lowest BCUT2D eigenvalue weighted by atomic mass is 9.95. The summed E-state index contributed by atoms with van der Waals surface area (Å²) in [6.45, 7) is -0.0771. The molecule has 0 atom stereocenters. The van der Waals surface area contributed by atoms with Crippen molar-refractivity contribution in [1.82, 2.24) is 15.5 Å². The molecule has 1 fully saturated rings. The number of nitrogens with zero attached hydrogens (tertiary/aromatic N) is 1. The molecule has 22 heavy (non-hydrogen) atoms. The number of amides is 2. The number of H-pyrrole nitrogens is 1. The van der Waals surface area contributed by atoms with Crippen LogP contribution in [0, 0.1) is 0 Å². The van der Waals surface area contributed by atoms with E-state index < -0.39 is 5.41 Å². The molecule has 114 valence electrons. The van der Waals surface area contributed by atoms with E-state index in [0.717, 1.165) is 18.4 Å². The molecule has 2 aromatic rings. The summed E-state index contributed by atoms with van der Waals surface area (Å²) < 4.78 is 0. The second kappa shape index (κ2) is 5.81. The maximum absolute atomic E-state index is 12.4. The standard InChI is InChI=1S/C15H15ClN4O2/c16-11-3-1-2-10(6-11)15(4-5-15)14(22)17-9-13(21)20-12-7-18-19-8-12/h1-3,6-8H,4-5,9H2,(H,17,22)(H,18,19)(H,20,21). The summed E-state index contributed by atoms with van der Waals surface area (Å²) in [5.41, 5.74) is 0.920. The van der Waals surface area contributed by atoms with Crippen LogP contribution in [-0.4, -0.2) is 28.6 Å². The van der Waals surface area contributed by atoms with Crippen LogP contribution < -0.4 is 10.6 Å². The summed E-state index contributed by atoms with van der Waals surface area (Å²) in [7, 11) is 0. The number of aromatic nitrogens is 2. The van der Waals surface area contributed by atoms with Crippen molar-refractivity contribution < 1.29 is 9.59 Å². The van der Waals surface area contributed by atoms with Gasteiger partial charge >= 0.3 is 0 Å². The Morgan fingerprint density at radius 3 is 2.82 bits per heavy atom. The van der Waals surface area contributed by atoms with Gasteiger partial charge in [0, 0.05) is 11.2 Å². The predicted octanol–water partition coefficient (Wildman–Crippen LogP) is 1.85. The highest BCUT2D eigenvalue weighted by atomic mass is 35.5. The fourth-order valence-electron chi connectivity index (χ4n) is 2.41. The van der Waals surface area contributed by atoms with Crippen molar-refractivity contribution in [1.29, 1.82) is 0 Å². The van der Waals surface area contributed by atoms with Gasteiger partial charge in [-0.1, -0.05) is 23.7 Å². The van der Waals surface area contributed by atoms with Gasteiger partial charge in [-0.25, -0.2) is 0 Å². The van der Waals surface area contributed by atoms with E-state index in [1.165, 1.54) is 6.20 Å². The van der Waals surface area contributed by atoms with Crippen molar-refractivity contribution in [2.75, 3.05) is 11.9 Å². The monoisotopic (exact) mass is 318 g/mol. The fourth-order valence-corrected chi connectivity index (χ4v) is 2.60. The number of hydrogen-bond donors (Lipinski definition) is 3. The van der Waals surface area contributed by atoms with Crippen LogP contribution in [0.1, 0.15) is 18.4 Å². The van der Waals surface area contributed by atoms with E-state index in [-0.39, 0.29) is 18.4 Å². The van der Waals surface area contributed by atoms with Crippen molar-refractivity contribution in [3.8, 4) is 0 Å². The summed E-state index contributed by atoms with van der Waals surface area (Å²) in [6, 6.07) is 7.30. The first-order valence-corrected chi connectivity index (χ1v) is 7.31. The third kappa shape index (κ3) is 2.96. The summed E-state index contributed by atoms with van der Waals surface area (Å²) in [6.07, 6.45) is 4.59. The van der Waals surface area contributed by atoms with Crippen LogP contribution >= 0.6 is 11.6 Å². The van der Waals surface area contributed by atoms with Gasteiger partial charge in [-0.05, 0) is 30.5 Å². The van der Waals surface area contributed by atoms with Crippen LogP contribution in [0.2, 0.25) is 5.02 Å². The molecule has 7 heteroatoms. The number of hydrogen-bond acceptors (Lipinski definition) is 3. The van der Waals surface area contributed by atoms with E-state index in [0.29, 0.717) is 10.7 Å². The molecule has 0 saturated heterocycles. The Hall–Kier alpha value is -2.34. The minimum atomic E-state index is -0.541. The van der Waals surface area contributed by atoms with Gasteiger partial charge in [0.25, 0.3) is 0 Å². The Labute approximate surface area is 132 Å². The van der Waals surface area contributed by atoms with Crippen molar-refractivity contribution in [2.24, 2.45) is 0 Å². The Morgan fingerprint density at radius 1 is 1.36 bits per heavy atom. The van der Waals surface area contributed by atoms with E-state index in [9.17, 15) is 9.59 Å². The van der Waals surface area contributed by atoms with Crippen molar-refractivity contribution in [3.63, 3.8) is 0 Å². The van der Waals surface area contributed by atoms with Crippen LogP contribution in [-0.2, 0) is 15.0 Å². The minimum Gasteiger partial charge on any atom is -0.346 e. The molecule has 1 aliphatic rings. The number of rotatable bonds is 5. The normalized spacial score (nSPS) is 15.1. The number of aromatic amines is 1. The number of carbonyl (C=O) groups is 2. The summed E-state index contributed by atoms with van der Waals surface area (Å²) in [5, 5.41) is 12.3. The van der Waals surface area contributed by atoms with Gasteiger partial charge in [0.1, 0.15) is 0 Å². The second-order valence-electron chi connectivity index (χ2n) is 5.31. The lowest BCUT2D eigenvalue weighted by Gasteiger charge is -2.15. The van der Waals surface area contributed by atoms with Crippen molar-refractivity contribution in [2.45, 2.75) is 18.3 Å². The van der Waals surface area contributed by atoms with Crippen LogP contribution in [0.4, 0.5) is 5.69 Å². The highest BCUT2D eigenvalue weighted by Crippen LogP contribution is 2.48. The van der Waals surface area contributed by atoms with Crippen LogP contribution in [0.25, 0.3) is 0 Å². The highest BCUT2D eigenvalue weighted by Gasteiger charge is 2.51. The molecule has 3 rings (SSSR count). The van der Waals surface area contributed by atoms with Gasteiger partial charge in [-0.2, -0.15) is 5.10 Å². The molecule has 1 aromatic heterocycles. The molecule has 1 saturated carbocycles. The van der Waals surface area contributed by atoms with E-state index >= 15 is 0 Å². The van der Waals surface area contributed by atoms with Crippen LogP contribution in [0.3, 0.4) is 0 Å². The quantitative estimate of drug-likeness (QED) is 0.786. The smallest absolute Gasteiger partial charge is 0.243 e. The number of benzene rings is 1. The van der Waals surface area contributed by atoms with Gasteiger partial charge < -0.3 is 10.6 Å². The lowest BCUT2D eigenvalue weighted by molar-refractivity contribution is -0.126. The maximum atomic E-state index is 12.4. The fraction of sp³-hybridized carbons (Fsp3) is 0.267. The van der Waals surface area contributed by atoms with Gasteiger partial charge in [-0.3, -0.25) is 14.7 Å². The number of halogens is 1. The van der Waals surface area contributed by atoms with Gasteiger partial charge in [0.05, 0.1) is 23.8 Å². The summed E-state index contributed by atoms with van der Waals surface area (Å²) in [4.78, 5) is 24.2. The zero-order valence-electron chi connectivity index (χ0n) is 11.7. The largest absolute Gasteiger partial charge is 0.346 e. The molecule has 0 bridgehead atoms. The first-order chi connectivity index (χ1) is 10.6. The molecular weight excluding hydrogens is 304 g/mol. The molecule has 1 heterocycles. The molecule has 0 spiro atoms. The van der Waals surface area contributed by atoms with E-state index in [1.807, 2.05) is 12.1 Å². The molecule has 1 aromatic carbocycles. The van der Waals surface area contributed by atoms with E-state index in [2.05, 4.69) is 20.8 Å². The van der Waals surface area contributed by atoms with Crippen molar-refractivity contribution in [3.05, 3.63) is 47.2 Å². The number of nitrogens with one attached hydrogen (secondary N) is 3. The molecule has 6 nitrogen and oxygen atoms in total. The molecule has 1 aliphatic carbocycles. The Morgan fingerprint density at radius 2 is 2.18 bits per heavy atom. The molecule has 0 aliphatic heterocycles. The average Bonchev–Trinajstić information content (AvgIpc) is 3.17. The molecule has 0 unspecified atom stereocenters. The predicted molar refractivity (Wildman–Crippen MR) is 82.6 cm³/mol. The highest BCUT2D eigenvalue weighted by molar-refractivity contribution is 6.30. The van der Waals surface area contributed by atoms with Crippen LogP contribution in [0.5, 0.6) is 0 Å². The zero-order chi connectivity index (χ0) is 15.6. The first kappa shape index (κ1) is 14.6. The third-order valence-electron chi connectivity index (χ3n) is 3.75. The Balaban J connectivity index is 1.59. The average molecular weight is 319 g/mol. The van der Waals surface area contributed by atoms with Gasteiger partial charge in [0.15, 0.2) is 0 Å². The van der Waals surface area contributed by atoms with Crippen molar-refractivity contribution >= 4 is 29.1 Å². The SMILES string of the molecule is O=C(CNC(=O)C1(c2cccc(Cl)c2)CC1)Nc1cn[nH]c1. The zero-order valence-corrected chi connectivity index (χ0v) is 12.5. The van der Waals surface area contributed by atoms with Gasteiger partial charge in [-0.15, -0.1) is 0 Å². The van der Waals surface area contributed by atoms with Gasteiger partial charge in [0.2, 0.25) is 11.8 Å². The maximum Gasteiger partial charge on any atom is 0.243 e. The molecular formula is C15H15ClN4O2. The topological polar surface area (TPSA) is 86.9 Å². The minimum absolute atomic E-state index is 0.0771. The Bertz CT molecular complexity index is 695. The van der Waals surface area contributed by atoms with E-state index in [1.54, 1.807) is 18.3 Å². The first-order valence-electron chi connectivity index (χ1n) is 6.93.